The number of carbonyl (C=O) groups excluding carboxylic acids is 3. The van der Waals surface area contributed by atoms with Crippen molar-refractivity contribution in [2.45, 2.75) is 18.9 Å². The van der Waals surface area contributed by atoms with E-state index in [4.69, 9.17) is 9.47 Å². The molecule has 0 saturated carbocycles. The summed E-state index contributed by atoms with van der Waals surface area (Å²) in [4.78, 5) is 46.3. The van der Waals surface area contributed by atoms with Gasteiger partial charge in [-0.2, -0.15) is 0 Å². The van der Waals surface area contributed by atoms with Crippen molar-refractivity contribution >= 4 is 23.5 Å². The summed E-state index contributed by atoms with van der Waals surface area (Å²) in [5, 5.41) is 13.4. The summed E-state index contributed by atoms with van der Waals surface area (Å²) < 4.78 is 9.58. The van der Waals surface area contributed by atoms with Gasteiger partial charge in [-0.15, -0.1) is 0 Å². The predicted molar refractivity (Wildman–Crippen MR) is 102 cm³/mol. The Morgan fingerprint density at radius 1 is 1.07 bits per heavy atom. The van der Waals surface area contributed by atoms with Crippen LogP contribution >= 0.6 is 0 Å². The molecular weight excluding hydrogens is 380 g/mol. The van der Waals surface area contributed by atoms with Crippen molar-refractivity contribution in [1.82, 2.24) is 5.32 Å². The Hall–Kier alpha value is -3.75. The molecule has 0 aromatic heterocycles. The Balaban J connectivity index is 1.90. The van der Waals surface area contributed by atoms with Crippen LogP contribution in [-0.2, 0) is 36.7 Å². The molecule has 2 aromatic carbocycles. The molecule has 29 heavy (non-hydrogen) atoms. The fraction of sp³-hybridized carbons (Fsp3) is 0.250. The lowest BCUT2D eigenvalue weighted by Gasteiger charge is -2.16. The zero-order chi connectivity index (χ0) is 21.2. The second kappa shape index (κ2) is 10.5. The first-order valence-corrected chi connectivity index (χ1v) is 8.69. The van der Waals surface area contributed by atoms with Gasteiger partial charge in [0.2, 0.25) is 0 Å². The second-order valence-corrected chi connectivity index (χ2v) is 6.06. The third-order valence-electron chi connectivity index (χ3n) is 3.99. The monoisotopic (exact) mass is 400 g/mol. The van der Waals surface area contributed by atoms with Gasteiger partial charge < -0.3 is 14.8 Å². The van der Waals surface area contributed by atoms with E-state index in [9.17, 15) is 24.5 Å². The van der Waals surface area contributed by atoms with E-state index in [1.807, 2.05) is 6.07 Å². The minimum atomic E-state index is -0.941. The highest BCUT2D eigenvalue weighted by Crippen LogP contribution is 2.18. The SMILES string of the molecule is COC(=O)C(Cc1ccccc1)NC(=O)COC(=O)Cc1ccccc1[N+](=O)[O-]. The van der Waals surface area contributed by atoms with Gasteiger partial charge in [0, 0.05) is 18.1 Å². The number of para-hydroxylation sites is 1. The molecule has 1 amide bonds. The number of ether oxygens (including phenoxy) is 2. The molecule has 0 radical (unpaired) electrons. The fourth-order valence-electron chi connectivity index (χ4n) is 2.61. The first kappa shape index (κ1) is 21.5. The Bertz CT molecular complexity index is 883. The van der Waals surface area contributed by atoms with E-state index in [0.717, 1.165) is 5.56 Å². The Labute approximate surface area is 166 Å². The number of esters is 2. The van der Waals surface area contributed by atoms with Gasteiger partial charge >= 0.3 is 11.9 Å². The maximum absolute atomic E-state index is 12.1. The lowest BCUT2D eigenvalue weighted by molar-refractivity contribution is -0.385. The van der Waals surface area contributed by atoms with E-state index in [1.54, 1.807) is 30.3 Å². The summed E-state index contributed by atoms with van der Waals surface area (Å²) in [5.41, 5.74) is 0.790. The van der Waals surface area contributed by atoms with E-state index < -0.39 is 35.4 Å². The van der Waals surface area contributed by atoms with Crippen LogP contribution in [0.25, 0.3) is 0 Å². The average molecular weight is 400 g/mol. The van der Waals surface area contributed by atoms with E-state index in [1.165, 1.54) is 25.3 Å². The molecule has 0 aliphatic rings. The molecular formula is C20H20N2O7. The summed E-state index contributed by atoms with van der Waals surface area (Å²) in [7, 11) is 1.21. The molecule has 2 rings (SSSR count). The number of nitrogens with zero attached hydrogens (tertiary/aromatic N) is 1. The normalized spacial score (nSPS) is 11.2. The van der Waals surface area contributed by atoms with E-state index in [2.05, 4.69) is 5.32 Å². The van der Waals surface area contributed by atoms with Crippen molar-refractivity contribution in [3.05, 3.63) is 75.8 Å². The molecule has 1 unspecified atom stereocenters. The topological polar surface area (TPSA) is 125 Å². The van der Waals surface area contributed by atoms with Gasteiger partial charge in [0.1, 0.15) is 6.04 Å². The Kier molecular flexibility index (Phi) is 7.84. The van der Waals surface area contributed by atoms with Crippen LogP contribution in [0.4, 0.5) is 5.69 Å². The summed E-state index contributed by atoms with van der Waals surface area (Å²) in [6.07, 6.45) is -0.141. The van der Waals surface area contributed by atoms with Gasteiger partial charge in [0.25, 0.3) is 11.6 Å². The van der Waals surface area contributed by atoms with Crippen molar-refractivity contribution in [1.29, 1.82) is 0 Å². The van der Waals surface area contributed by atoms with Crippen LogP contribution in [0.3, 0.4) is 0 Å². The smallest absolute Gasteiger partial charge is 0.328 e. The number of nitro benzene ring substituents is 1. The second-order valence-electron chi connectivity index (χ2n) is 6.06. The van der Waals surface area contributed by atoms with Gasteiger partial charge in [-0.3, -0.25) is 19.7 Å². The number of nitro groups is 1. The summed E-state index contributed by atoms with van der Waals surface area (Å²) in [6, 6.07) is 13.9. The molecule has 0 saturated heterocycles. The first-order valence-electron chi connectivity index (χ1n) is 8.69. The van der Waals surface area contributed by atoms with Crippen LogP contribution in [-0.4, -0.2) is 42.5 Å². The van der Waals surface area contributed by atoms with Crippen molar-refractivity contribution in [2.24, 2.45) is 0 Å². The summed E-state index contributed by atoms with van der Waals surface area (Å²) in [5.74, 6) is -2.12. The standard InChI is InChI=1S/C20H20N2O7/c1-28-20(25)16(11-14-7-3-2-4-8-14)21-18(23)13-29-19(24)12-15-9-5-6-10-17(15)22(26)27/h2-10,16H,11-13H2,1H3,(H,21,23). The average Bonchev–Trinajstić information content (AvgIpc) is 2.72. The Morgan fingerprint density at radius 3 is 2.38 bits per heavy atom. The molecule has 1 atom stereocenters. The molecule has 9 nitrogen and oxygen atoms in total. The van der Waals surface area contributed by atoms with Crippen molar-refractivity contribution in [3.63, 3.8) is 0 Å². The third kappa shape index (κ3) is 6.73. The maximum atomic E-state index is 12.1. The van der Waals surface area contributed by atoms with Crippen LogP contribution in [0.5, 0.6) is 0 Å². The van der Waals surface area contributed by atoms with Gasteiger partial charge in [0.05, 0.1) is 18.5 Å². The number of amides is 1. The number of nitrogens with one attached hydrogen (secondary N) is 1. The maximum Gasteiger partial charge on any atom is 0.328 e. The van der Waals surface area contributed by atoms with Crippen LogP contribution in [0.15, 0.2) is 54.6 Å². The van der Waals surface area contributed by atoms with Crippen molar-refractivity contribution < 1.29 is 28.8 Å². The molecule has 0 heterocycles. The van der Waals surface area contributed by atoms with Gasteiger partial charge in [-0.25, -0.2) is 4.79 Å². The van der Waals surface area contributed by atoms with Crippen molar-refractivity contribution in [2.75, 3.05) is 13.7 Å². The molecule has 0 fully saturated rings. The lowest BCUT2D eigenvalue weighted by atomic mass is 10.1. The summed E-state index contributed by atoms with van der Waals surface area (Å²) in [6.45, 7) is -0.623. The molecule has 152 valence electrons. The van der Waals surface area contributed by atoms with Crippen molar-refractivity contribution in [3.8, 4) is 0 Å². The van der Waals surface area contributed by atoms with Gasteiger partial charge in [-0.1, -0.05) is 48.5 Å². The number of methoxy groups -OCH3 is 1. The Morgan fingerprint density at radius 2 is 1.72 bits per heavy atom. The van der Waals surface area contributed by atoms with E-state index >= 15 is 0 Å². The minimum absolute atomic E-state index is 0.180. The van der Waals surface area contributed by atoms with Crippen LogP contribution < -0.4 is 5.32 Å². The zero-order valence-corrected chi connectivity index (χ0v) is 15.7. The number of carbonyl (C=O) groups is 3. The quantitative estimate of drug-likeness (QED) is 0.385. The van der Waals surface area contributed by atoms with Gasteiger partial charge in [0.15, 0.2) is 6.61 Å². The van der Waals surface area contributed by atoms with E-state index in [0.29, 0.717) is 0 Å². The molecule has 0 aliphatic carbocycles. The molecule has 9 heteroatoms. The van der Waals surface area contributed by atoms with Crippen LogP contribution in [0, 0.1) is 10.1 Å². The predicted octanol–water partition coefficient (Wildman–Crippen LogP) is 1.58. The van der Waals surface area contributed by atoms with Gasteiger partial charge in [-0.05, 0) is 5.56 Å². The number of hydrogen-bond donors (Lipinski definition) is 1. The van der Waals surface area contributed by atoms with E-state index in [-0.39, 0.29) is 24.1 Å². The highest BCUT2D eigenvalue weighted by molar-refractivity contribution is 5.86. The first-order chi connectivity index (χ1) is 13.9. The molecule has 1 N–H and O–H groups in total. The molecule has 2 aromatic rings. The molecule has 0 spiro atoms. The fourth-order valence-corrected chi connectivity index (χ4v) is 2.61. The highest BCUT2D eigenvalue weighted by Gasteiger charge is 2.23. The largest absolute Gasteiger partial charge is 0.467 e. The number of hydrogen-bond acceptors (Lipinski definition) is 7. The highest BCUT2D eigenvalue weighted by atomic mass is 16.6. The van der Waals surface area contributed by atoms with Crippen LogP contribution in [0.1, 0.15) is 11.1 Å². The summed E-state index contributed by atoms with van der Waals surface area (Å²) >= 11 is 0. The number of benzene rings is 2. The zero-order valence-electron chi connectivity index (χ0n) is 15.7. The van der Waals surface area contributed by atoms with Crippen LogP contribution in [0.2, 0.25) is 0 Å². The number of rotatable bonds is 9. The minimum Gasteiger partial charge on any atom is -0.467 e. The lowest BCUT2D eigenvalue weighted by Crippen LogP contribution is -2.44. The molecule has 0 aliphatic heterocycles. The molecule has 0 bridgehead atoms. The third-order valence-corrected chi connectivity index (χ3v) is 3.99.